The summed E-state index contributed by atoms with van der Waals surface area (Å²) in [6, 6.07) is 6.63. The van der Waals surface area contributed by atoms with Gasteiger partial charge in [-0.1, -0.05) is 19.1 Å². The lowest BCUT2D eigenvalue weighted by atomic mass is 9.84. The van der Waals surface area contributed by atoms with E-state index in [4.69, 9.17) is 4.74 Å². The number of hydrogen-bond acceptors (Lipinski definition) is 5. The van der Waals surface area contributed by atoms with E-state index in [2.05, 4.69) is 22.3 Å². The Bertz CT molecular complexity index is 709. The number of rotatable bonds is 10. The Kier molecular flexibility index (Phi) is 11.0. The monoisotopic (exact) mass is 433 g/mol. The van der Waals surface area contributed by atoms with Gasteiger partial charge in [-0.2, -0.15) is 0 Å². The quantitative estimate of drug-likeness (QED) is 0.488. The van der Waals surface area contributed by atoms with Crippen molar-refractivity contribution in [1.29, 1.82) is 0 Å². The maximum absolute atomic E-state index is 12.3. The van der Waals surface area contributed by atoms with E-state index in [1.165, 1.54) is 7.11 Å². The molecule has 0 saturated carbocycles. The predicted octanol–water partition coefficient (Wildman–Crippen LogP) is 1.68. The number of halogens is 1. The second kappa shape index (κ2) is 12.4. The maximum Gasteiger partial charge on any atom is 0.240 e. The zero-order valence-electron chi connectivity index (χ0n) is 16.6. The van der Waals surface area contributed by atoms with E-state index in [0.29, 0.717) is 31.4 Å². The van der Waals surface area contributed by atoms with E-state index in [0.717, 1.165) is 31.5 Å². The zero-order valence-corrected chi connectivity index (χ0v) is 18.2. The number of carbonyl (C=O) groups is 1. The van der Waals surface area contributed by atoms with Gasteiger partial charge >= 0.3 is 0 Å². The molecule has 9 heteroatoms. The summed E-state index contributed by atoms with van der Waals surface area (Å²) in [5, 5.41) is 6.25. The number of piperidine rings is 1. The molecule has 160 valence electrons. The molecule has 1 amide bonds. The predicted molar refractivity (Wildman–Crippen MR) is 112 cm³/mol. The molecule has 1 unspecified atom stereocenters. The average Bonchev–Trinajstić information content (AvgIpc) is 2.67. The molecular formula is C19H32ClN3O4S. The highest BCUT2D eigenvalue weighted by Crippen LogP contribution is 2.24. The van der Waals surface area contributed by atoms with Crippen LogP contribution in [0.25, 0.3) is 0 Å². The van der Waals surface area contributed by atoms with Crippen LogP contribution >= 0.6 is 12.4 Å². The molecule has 7 nitrogen and oxygen atoms in total. The first-order valence-corrected chi connectivity index (χ1v) is 11.0. The molecule has 0 aromatic heterocycles. The Hall–Kier alpha value is -1.19. The smallest absolute Gasteiger partial charge is 0.240 e. The van der Waals surface area contributed by atoms with Gasteiger partial charge in [-0.05, 0) is 55.5 Å². The fraction of sp³-hybridized carbons (Fsp3) is 0.632. The zero-order chi connectivity index (χ0) is 19.7. The second-order valence-electron chi connectivity index (χ2n) is 7.08. The molecule has 0 bridgehead atoms. The summed E-state index contributed by atoms with van der Waals surface area (Å²) in [7, 11) is -2.06. The Morgan fingerprint density at radius 2 is 2.04 bits per heavy atom. The van der Waals surface area contributed by atoms with Crippen molar-refractivity contribution in [1.82, 2.24) is 15.4 Å². The van der Waals surface area contributed by atoms with Crippen molar-refractivity contribution < 1.29 is 17.9 Å². The number of amides is 1. The van der Waals surface area contributed by atoms with Crippen LogP contribution in [0.2, 0.25) is 0 Å². The molecule has 1 aliphatic rings. The minimum Gasteiger partial charge on any atom is -0.383 e. The largest absolute Gasteiger partial charge is 0.383 e. The molecule has 2 rings (SSSR count). The summed E-state index contributed by atoms with van der Waals surface area (Å²) in [4.78, 5) is 12.4. The summed E-state index contributed by atoms with van der Waals surface area (Å²) in [5.41, 5.74) is 0.757. The van der Waals surface area contributed by atoms with Gasteiger partial charge in [0, 0.05) is 26.6 Å². The minimum absolute atomic E-state index is 0. The molecule has 1 aliphatic heterocycles. The van der Waals surface area contributed by atoms with Crippen LogP contribution in [0.5, 0.6) is 0 Å². The highest BCUT2D eigenvalue weighted by atomic mass is 35.5. The summed E-state index contributed by atoms with van der Waals surface area (Å²) in [6.07, 6.45) is 2.73. The third kappa shape index (κ3) is 8.05. The molecule has 0 spiro atoms. The van der Waals surface area contributed by atoms with Gasteiger partial charge in [0.2, 0.25) is 15.9 Å². The van der Waals surface area contributed by atoms with E-state index >= 15 is 0 Å². The first-order chi connectivity index (χ1) is 12.9. The van der Waals surface area contributed by atoms with Crippen molar-refractivity contribution in [2.45, 2.75) is 37.6 Å². The van der Waals surface area contributed by atoms with Crippen LogP contribution in [-0.2, 0) is 26.1 Å². The van der Waals surface area contributed by atoms with Gasteiger partial charge in [0.1, 0.15) is 0 Å². The van der Waals surface area contributed by atoms with Gasteiger partial charge in [-0.3, -0.25) is 4.79 Å². The summed E-state index contributed by atoms with van der Waals surface area (Å²) in [6.45, 7) is 5.03. The number of hydrogen-bond donors (Lipinski definition) is 3. The molecule has 3 N–H and O–H groups in total. The minimum atomic E-state index is -3.58. The van der Waals surface area contributed by atoms with Crippen molar-refractivity contribution in [2.24, 2.45) is 11.8 Å². The van der Waals surface area contributed by atoms with Gasteiger partial charge in [-0.25, -0.2) is 13.1 Å². The van der Waals surface area contributed by atoms with Crippen LogP contribution in [0, 0.1) is 11.8 Å². The normalized spacial score (nSPS) is 16.2. The number of methoxy groups -OCH3 is 1. The molecule has 28 heavy (non-hydrogen) atoms. The van der Waals surface area contributed by atoms with Crippen molar-refractivity contribution >= 4 is 28.3 Å². The Morgan fingerprint density at radius 3 is 2.71 bits per heavy atom. The molecule has 1 atom stereocenters. The van der Waals surface area contributed by atoms with E-state index in [1.807, 2.05) is 6.07 Å². The van der Waals surface area contributed by atoms with Gasteiger partial charge < -0.3 is 15.4 Å². The molecule has 1 aromatic carbocycles. The van der Waals surface area contributed by atoms with E-state index in [9.17, 15) is 13.2 Å². The van der Waals surface area contributed by atoms with Gasteiger partial charge in [0.25, 0.3) is 0 Å². The molecule has 1 fully saturated rings. The highest BCUT2D eigenvalue weighted by molar-refractivity contribution is 7.89. The molecular weight excluding hydrogens is 402 g/mol. The lowest BCUT2D eigenvalue weighted by molar-refractivity contribution is -0.122. The Labute approximate surface area is 174 Å². The van der Waals surface area contributed by atoms with Crippen molar-refractivity contribution in [3.63, 3.8) is 0 Å². The van der Waals surface area contributed by atoms with E-state index < -0.39 is 10.0 Å². The molecule has 1 saturated heterocycles. The van der Waals surface area contributed by atoms with E-state index in [-0.39, 0.29) is 29.8 Å². The molecule has 1 heterocycles. The van der Waals surface area contributed by atoms with Gasteiger partial charge in [-0.15, -0.1) is 12.4 Å². The van der Waals surface area contributed by atoms with Gasteiger partial charge in [0.15, 0.2) is 0 Å². The van der Waals surface area contributed by atoms with E-state index in [1.54, 1.807) is 18.2 Å². The fourth-order valence-electron chi connectivity index (χ4n) is 3.33. The number of benzene rings is 1. The topological polar surface area (TPSA) is 96.5 Å². The standard InChI is InChI=1S/C19H31N3O4S.ClH/c1-15(17-6-8-20-9-7-17)12-19(23)21-14-16-4-3-5-18(13-16)27(24,25)22-10-11-26-2;/h3-5,13,15,17,20,22H,6-12,14H2,1-2H3,(H,21,23);1H. The highest BCUT2D eigenvalue weighted by Gasteiger charge is 2.22. The third-order valence-electron chi connectivity index (χ3n) is 4.99. The number of ether oxygens (including phenoxy) is 1. The van der Waals surface area contributed by atoms with Crippen molar-refractivity contribution in [3.05, 3.63) is 29.8 Å². The van der Waals surface area contributed by atoms with Crippen LogP contribution in [0.1, 0.15) is 31.7 Å². The summed E-state index contributed by atoms with van der Waals surface area (Å²) >= 11 is 0. The SMILES string of the molecule is COCCNS(=O)(=O)c1cccc(CNC(=O)CC(C)C2CCNCC2)c1.Cl. The van der Waals surface area contributed by atoms with Gasteiger partial charge in [0.05, 0.1) is 11.5 Å². The summed E-state index contributed by atoms with van der Waals surface area (Å²) < 4.78 is 31.9. The fourth-order valence-corrected chi connectivity index (χ4v) is 4.41. The second-order valence-corrected chi connectivity index (χ2v) is 8.85. The van der Waals surface area contributed by atoms with Crippen LogP contribution in [-0.4, -0.2) is 47.7 Å². The maximum atomic E-state index is 12.3. The number of sulfonamides is 1. The van der Waals surface area contributed by atoms with Crippen LogP contribution < -0.4 is 15.4 Å². The van der Waals surface area contributed by atoms with Crippen LogP contribution in [0.15, 0.2) is 29.2 Å². The molecule has 0 aliphatic carbocycles. The van der Waals surface area contributed by atoms with Crippen LogP contribution in [0.4, 0.5) is 0 Å². The Balaban J connectivity index is 0.00000392. The average molecular weight is 434 g/mol. The third-order valence-corrected chi connectivity index (χ3v) is 6.45. The first kappa shape index (κ1) is 24.8. The summed E-state index contributed by atoms with van der Waals surface area (Å²) in [5.74, 6) is 0.944. The molecule has 0 radical (unpaired) electrons. The van der Waals surface area contributed by atoms with Crippen LogP contribution in [0.3, 0.4) is 0 Å². The number of carbonyl (C=O) groups excluding carboxylic acids is 1. The number of nitrogens with one attached hydrogen (secondary N) is 3. The Morgan fingerprint density at radius 1 is 1.32 bits per heavy atom. The molecule has 1 aromatic rings. The lowest BCUT2D eigenvalue weighted by Crippen LogP contribution is -2.33. The van der Waals surface area contributed by atoms with Crippen molar-refractivity contribution in [2.75, 3.05) is 33.4 Å². The lowest BCUT2D eigenvalue weighted by Gasteiger charge is -2.27. The van der Waals surface area contributed by atoms with Crippen molar-refractivity contribution in [3.8, 4) is 0 Å². The first-order valence-electron chi connectivity index (χ1n) is 9.47.